The van der Waals surface area contributed by atoms with E-state index in [1.54, 1.807) is 17.0 Å². The Morgan fingerprint density at radius 1 is 1.17 bits per heavy atom. The Morgan fingerprint density at radius 3 is 2.57 bits per heavy atom. The van der Waals surface area contributed by atoms with Crippen molar-refractivity contribution in [1.82, 2.24) is 9.88 Å². The van der Waals surface area contributed by atoms with E-state index in [9.17, 15) is 9.59 Å². The maximum absolute atomic E-state index is 12.1. The second-order valence-electron chi connectivity index (χ2n) is 6.49. The van der Waals surface area contributed by atoms with Crippen molar-refractivity contribution in [3.05, 3.63) is 23.9 Å². The molecule has 0 spiro atoms. The van der Waals surface area contributed by atoms with Crippen LogP contribution in [-0.2, 0) is 4.74 Å². The smallest absolute Gasteiger partial charge is 0.410 e. The minimum atomic E-state index is -1.04. The first-order valence-corrected chi connectivity index (χ1v) is 7.69. The largest absolute Gasteiger partial charge is 0.477 e. The van der Waals surface area contributed by atoms with Crippen molar-refractivity contribution in [2.45, 2.75) is 32.8 Å². The van der Waals surface area contributed by atoms with Gasteiger partial charge in [0.2, 0.25) is 0 Å². The molecule has 7 nitrogen and oxygen atoms in total. The monoisotopic (exact) mass is 321 g/mol. The lowest BCUT2D eigenvalue weighted by Gasteiger charge is -2.26. The van der Waals surface area contributed by atoms with Crippen LogP contribution in [0.4, 0.5) is 10.6 Å². The SMILES string of the molecule is CC(C)(C)OC(=O)N1CCCN(c2cccc(C(=O)O)n2)CC1. The number of carbonyl (C=O) groups excluding carboxylic acids is 1. The zero-order chi connectivity index (χ0) is 17.0. The number of hydrogen-bond acceptors (Lipinski definition) is 5. The van der Waals surface area contributed by atoms with Crippen molar-refractivity contribution in [3.63, 3.8) is 0 Å². The summed E-state index contributed by atoms with van der Waals surface area (Å²) in [6.45, 7) is 7.98. The van der Waals surface area contributed by atoms with Gasteiger partial charge in [-0.05, 0) is 39.3 Å². The summed E-state index contributed by atoms with van der Waals surface area (Å²) in [7, 11) is 0. The average Bonchev–Trinajstić information content (AvgIpc) is 2.71. The molecule has 1 saturated heterocycles. The highest BCUT2D eigenvalue weighted by Crippen LogP contribution is 2.16. The van der Waals surface area contributed by atoms with Gasteiger partial charge in [-0.1, -0.05) is 6.07 Å². The number of aromatic carboxylic acids is 1. The van der Waals surface area contributed by atoms with Crippen LogP contribution in [0, 0.1) is 0 Å². The lowest BCUT2D eigenvalue weighted by molar-refractivity contribution is 0.0263. The number of carbonyl (C=O) groups is 2. The van der Waals surface area contributed by atoms with Crippen LogP contribution in [-0.4, -0.2) is 58.8 Å². The van der Waals surface area contributed by atoms with E-state index in [-0.39, 0.29) is 11.8 Å². The van der Waals surface area contributed by atoms with Crippen LogP contribution >= 0.6 is 0 Å². The Balaban J connectivity index is 2.02. The Hall–Kier alpha value is -2.31. The van der Waals surface area contributed by atoms with E-state index < -0.39 is 11.6 Å². The standard InChI is InChI=1S/C16H23N3O4/c1-16(2,3)23-15(22)19-9-5-8-18(10-11-19)13-7-4-6-12(17-13)14(20)21/h4,6-7H,5,8-11H2,1-3H3,(H,20,21). The first-order valence-electron chi connectivity index (χ1n) is 7.69. The van der Waals surface area contributed by atoms with E-state index in [0.29, 0.717) is 25.5 Å². The highest BCUT2D eigenvalue weighted by Gasteiger charge is 2.25. The van der Waals surface area contributed by atoms with Gasteiger partial charge in [-0.15, -0.1) is 0 Å². The van der Waals surface area contributed by atoms with Gasteiger partial charge >= 0.3 is 12.1 Å². The molecule has 0 atom stereocenters. The molecule has 1 aromatic heterocycles. The lowest BCUT2D eigenvalue weighted by Crippen LogP contribution is -2.39. The zero-order valence-electron chi connectivity index (χ0n) is 13.8. The number of hydrogen-bond donors (Lipinski definition) is 1. The van der Waals surface area contributed by atoms with E-state index in [4.69, 9.17) is 9.84 Å². The van der Waals surface area contributed by atoms with E-state index in [0.717, 1.165) is 13.0 Å². The fourth-order valence-corrected chi connectivity index (χ4v) is 2.37. The molecule has 0 aromatic carbocycles. The van der Waals surface area contributed by atoms with Gasteiger partial charge in [-0.25, -0.2) is 14.6 Å². The van der Waals surface area contributed by atoms with Gasteiger partial charge in [-0.2, -0.15) is 0 Å². The van der Waals surface area contributed by atoms with E-state index >= 15 is 0 Å². The van der Waals surface area contributed by atoms with Gasteiger partial charge in [-0.3, -0.25) is 0 Å². The first kappa shape index (κ1) is 17.1. The Labute approximate surface area is 135 Å². The summed E-state index contributed by atoms with van der Waals surface area (Å²) in [6.07, 6.45) is 0.463. The fourth-order valence-electron chi connectivity index (χ4n) is 2.37. The van der Waals surface area contributed by atoms with E-state index in [2.05, 4.69) is 4.98 Å². The molecular weight excluding hydrogens is 298 g/mol. The summed E-state index contributed by atoms with van der Waals surface area (Å²) < 4.78 is 5.40. The molecule has 1 N–H and O–H groups in total. The van der Waals surface area contributed by atoms with E-state index in [1.807, 2.05) is 25.7 Å². The van der Waals surface area contributed by atoms with Crippen LogP contribution in [0.15, 0.2) is 18.2 Å². The molecule has 126 valence electrons. The molecule has 0 saturated carbocycles. The number of nitrogens with zero attached hydrogens (tertiary/aromatic N) is 3. The van der Waals surface area contributed by atoms with Crippen LogP contribution in [0.1, 0.15) is 37.7 Å². The normalized spacial score (nSPS) is 16.0. The molecule has 0 aliphatic carbocycles. The number of carboxylic acid groups (broad SMARTS) is 1. The molecule has 2 heterocycles. The molecular formula is C16H23N3O4. The second-order valence-corrected chi connectivity index (χ2v) is 6.49. The molecule has 2 rings (SSSR count). The van der Waals surface area contributed by atoms with Crippen molar-refractivity contribution in [2.24, 2.45) is 0 Å². The van der Waals surface area contributed by atoms with Gasteiger partial charge in [0.15, 0.2) is 5.69 Å². The highest BCUT2D eigenvalue weighted by atomic mass is 16.6. The van der Waals surface area contributed by atoms with Crippen molar-refractivity contribution in [2.75, 3.05) is 31.1 Å². The summed E-state index contributed by atoms with van der Waals surface area (Å²) >= 11 is 0. The predicted molar refractivity (Wildman–Crippen MR) is 85.8 cm³/mol. The topological polar surface area (TPSA) is 83.0 Å². The quantitative estimate of drug-likeness (QED) is 0.899. The van der Waals surface area contributed by atoms with Crippen molar-refractivity contribution in [1.29, 1.82) is 0 Å². The van der Waals surface area contributed by atoms with Crippen LogP contribution < -0.4 is 4.90 Å². The van der Waals surface area contributed by atoms with Gasteiger partial charge in [0.25, 0.3) is 0 Å². The molecule has 1 fully saturated rings. The third-order valence-corrected chi connectivity index (χ3v) is 3.43. The zero-order valence-corrected chi connectivity index (χ0v) is 13.8. The highest BCUT2D eigenvalue weighted by molar-refractivity contribution is 5.85. The van der Waals surface area contributed by atoms with Crippen LogP contribution in [0.3, 0.4) is 0 Å². The minimum Gasteiger partial charge on any atom is -0.477 e. The summed E-state index contributed by atoms with van der Waals surface area (Å²) in [5.41, 5.74) is -0.490. The molecule has 0 unspecified atom stereocenters. The fraction of sp³-hybridized carbons (Fsp3) is 0.562. The number of rotatable bonds is 2. The third-order valence-electron chi connectivity index (χ3n) is 3.43. The molecule has 1 aliphatic rings. The molecule has 1 aromatic rings. The van der Waals surface area contributed by atoms with Gasteiger partial charge in [0, 0.05) is 26.2 Å². The number of anilines is 1. The van der Waals surface area contributed by atoms with E-state index in [1.165, 1.54) is 6.07 Å². The summed E-state index contributed by atoms with van der Waals surface area (Å²) in [6, 6.07) is 4.94. The molecule has 0 bridgehead atoms. The summed E-state index contributed by atoms with van der Waals surface area (Å²) in [4.78, 5) is 31.0. The maximum Gasteiger partial charge on any atom is 0.410 e. The van der Waals surface area contributed by atoms with Gasteiger partial charge in [0.1, 0.15) is 11.4 Å². The maximum atomic E-state index is 12.1. The minimum absolute atomic E-state index is 0.0238. The molecule has 0 radical (unpaired) electrons. The van der Waals surface area contributed by atoms with Gasteiger partial charge < -0.3 is 19.6 Å². The van der Waals surface area contributed by atoms with Crippen molar-refractivity contribution in [3.8, 4) is 0 Å². The number of ether oxygens (including phenoxy) is 1. The molecule has 1 aliphatic heterocycles. The summed E-state index contributed by atoms with van der Waals surface area (Å²) in [5, 5.41) is 9.04. The number of carboxylic acids is 1. The predicted octanol–water partition coefficient (Wildman–Crippen LogP) is 2.23. The Bertz CT molecular complexity index is 583. The van der Waals surface area contributed by atoms with Crippen LogP contribution in [0.2, 0.25) is 0 Å². The van der Waals surface area contributed by atoms with Gasteiger partial charge in [0.05, 0.1) is 0 Å². The number of aromatic nitrogens is 1. The van der Waals surface area contributed by atoms with Crippen LogP contribution in [0.5, 0.6) is 0 Å². The third kappa shape index (κ3) is 4.84. The molecule has 1 amide bonds. The van der Waals surface area contributed by atoms with Crippen LogP contribution in [0.25, 0.3) is 0 Å². The molecule has 7 heteroatoms. The second kappa shape index (κ2) is 6.85. The number of pyridine rings is 1. The average molecular weight is 321 g/mol. The first-order chi connectivity index (χ1) is 10.8. The van der Waals surface area contributed by atoms with Crippen molar-refractivity contribution >= 4 is 17.9 Å². The number of amides is 1. The Kier molecular flexibility index (Phi) is 5.08. The Morgan fingerprint density at radius 2 is 1.91 bits per heavy atom. The molecule has 23 heavy (non-hydrogen) atoms. The lowest BCUT2D eigenvalue weighted by atomic mass is 10.2. The summed E-state index contributed by atoms with van der Waals surface area (Å²) in [5.74, 6) is -0.423. The van der Waals surface area contributed by atoms with Crippen molar-refractivity contribution < 1.29 is 19.4 Å².